The molecule has 5 fully saturated rings. The lowest BCUT2D eigenvalue weighted by molar-refractivity contribution is -0.127. The van der Waals surface area contributed by atoms with Crippen molar-refractivity contribution in [2.75, 3.05) is 33.2 Å². The van der Waals surface area contributed by atoms with Crippen LogP contribution in [-0.4, -0.2) is 48.9 Å². The Kier molecular flexibility index (Phi) is 4.93. The number of aryl methyl sites for hydroxylation is 1. The van der Waals surface area contributed by atoms with Gasteiger partial charge in [-0.2, -0.15) is 0 Å². The van der Waals surface area contributed by atoms with E-state index in [2.05, 4.69) is 37.1 Å². The molecule has 4 nitrogen and oxygen atoms in total. The molecular formula is C25H34N2O2. The average Bonchev–Trinajstić information content (AvgIpc) is 2.68. The molecule has 6 rings (SSSR count). The van der Waals surface area contributed by atoms with Crippen LogP contribution in [0.4, 0.5) is 0 Å². The molecule has 1 saturated heterocycles. The highest BCUT2D eigenvalue weighted by Gasteiger charge is 2.51. The lowest BCUT2D eigenvalue weighted by Gasteiger charge is -2.57. The van der Waals surface area contributed by atoms with E-state index in [1.54, 1.807) is 12.3 Å². The molecule has 1 heterocycles. The maximum absolute atomic E-state index is 12.3. The molecule has 0 atom stereocenters. The lowest BCUT2D eigenvalue weighted by Crippen LogP contribution is -2.48. The SMILES string of the molecule is Cc1cc(C23CC4CC(CC(C4)C2)C3)ccc1O/C=C/C(=O)N1CCN(C)CC1. The molecular weight excluding hydrogens is 360 g/mol. The van der Waals surface area contributed by atoms with E-state index in [1.807, 2.05) is 4.90 Å². The van der Waals surface area contributed by atoms with Crippen molar-refractivity contribution in [2.45, 2.75) is 50.9 Å². The Balaban J connectivity index is 1.24. The number of hydrogen-bond acceptors (Lipinski definition) is 3. The van der Waals surface area contributed by atoms with Gasteiger partial charge in [0.05, 0.1) is 6.26 Å². The van der Waals surface area contributed by atoms with Crippen LogP contribution < -0.4 is 4.74 Å². The van der Waals surface area contributed by atoms with Crippen LogP contribution in [0.1, 0.15) is 49.7 Å². The fourth-order valence-electron chi connectivity index (χ4n) is 6.87. The Morgan fingerprint density at radius 1 is 1.03 bits per heavy atom. The highest BCUT2D eigenvalue weighted by molar-refractivity contribution is 5.87. The molecule has 0 unspecified atom stereocenters. The highest BCUT2D eigenvalue weighted by Crippen LogP contribution is 2.60. The van der Waals surface area contributed by atoms with Crippen LogP contribution in [-0.2, 0) is 10.2 Å². The molecule has 1 aliphatic heterocycles. The normalized spacial score (nSPS) is 34.1. The van der Waals surface area contributed by atoms with E-state index in [0.717, 1.165) is 49.7 Å². The number of carbonyl (C=O) groups is 1. The van der Waals surface area contributed by atoms with E-state index in [9.17, 15) is 4.79 Å². The number of carbonyl (C=O) groups excluding carboxylic acids is 1. The summed E-state index contributed by atoms with van der Waals surface area (Å²) >= 11 is 0. The molecule has 1 aromatic carbocycles. The van der Waals surface area contributed by atoms with Gasteiger partial charge in [-0.3, -0.25) is 4.79 Å². The number of likely N-dealkylation sites (N-methyl/N-ethyl adjacent to an activating group) is 1. The second-order valence-corrected chi connectivity index (χ2v) is 10.2. The van der Waals surface area contributed by atoms with Gasteiger partial charge in [-0.15, -0.1) is 0 Å². The second-order valence-electron chi connectivity index (χ2n) is 10.2. The van der Waals surface area contributed by atoms with Gasteiger partial charge in [0.25, 0.3) is 0 Å². The predicted molar refractivity (Wildman–Crippen MR) is 115 cm³/mol. The van der Waals surface area contributed by atoms with Crippen LogP contribution >= 0.6 is 0 Å². The van der Waals surface area contributed by atoms with Crippen molar-refractivity contribution in [1.29, 1.82) is 0 Å². The number of rotatable bonds is 4. The Morgan fingerprint density at radius 3 is 2.24 bits per heavy atom. The molecule has 0 N–H and O–H groups in total. The zero-order chi connectivity index (χ0) is 20.0. The minimum absolute atomic E-state index is 0.0425. The zero-order valence-corrected chi connectivity index (χ0v) is 17.9. The molecule has 29 heavy (non-hydrogen) atoms. The van der Waals surface area contributed by atoms with Gasteiger partial charge < -0.3 is 14.5 Å². The topological polar surface area (TPSA) is 32.8 Å². The second kappa shape index (κ2) is 7.46. The van der Waals surface area contributed by atoms with Gasteiger partial charge in [0.1, 0.15) is 5.75 Å². The van der Waals surface area contributed by atoms with E-state index in [-0.39, 0.29) is 5.91 Å². The summed E-state index contributed by atoms with van der Waals surface area (Å²) in [6.45, 7) is 5.59. The summed E-state index contributed by atoms with van der Waals surface area (Å²) < 4.78 is 5.85. The van der Waals surface area contributed by atoms with E-state index in [1.165, 1.54) is 49.7 Å². The first kappa shape index (κ1) is 19.2. The van der Waals surface area contributed by atoms with Crippen molar-refractivity contribution in [3.05, 3.63) is 41.7 Å². The number of amides is 1. The van der Waals surface area contributed by atoms with Gasteiger partial charge in [0.15, 0.2) is 0 Å². The monoisotopic (exact) mass is 394 g/mol. The summed E-state index contributed by atoms with van der Waals surface area (Å²) in [6, 6.07) is 6.78. The molecule has 1 aromatic rings. The van der Waals surface area contributed by atoms with Crippen molar-refractivity contribution in [1.82, 2.24) is 9.80 Å². The zero-order valence-electron chi connectivity index (χ0n) is 17.9. The van der Waals surface area contributed by atoms with Gasteiger partial charge in [-0.05, 0) is 92.9 Å². The third-order valence-electron chi connectivity index (χ3n) is 8.05. The smallest absolute Gasteiger partial charge is 0.249 e. The standard InChI is InChI=1S/C25H34N2O2/c1-18-11-22(25-15-19-12-20(16-25)14-21(13-19)17-25)3-4-23(18)29-10-5-24(28)27-8-6-26(2)7-9-27/h3-5,10-11,19-21H,6-9,12-17H2,1-2H3/b10-5+. The maximum atomic E-state index is 12.3. The number of hydrogen-bond donors (Lipinski definition) is 0. The molecule has 4 bridgehead atoms. The van der Waals surface area contributed by atoms with E-state index >= 15 is 0 Å². The van der Waals surface area contributed by atoms with Crippen LogP contribution in [0.15, 0.2) is 30.5 Å². The fourth-order valence-corrected chi connectivity index (χ4v) is 6.87. The number of piperazine rings is 1. The van der Waals surface area contributed by atoms with Crippen molar-refractivity contribution in [2.24, 2.45) is 17.8 Å². The Labute approximate surface area is 174 Å². The van der Waals surface area contributed by atoms with Crippen molar-refractivity contribution in [3.63, 3.8) is 0 Å². The third-order valence-corrected chi connectivity index (χ3v) is 8.05. The Bertz CT molecular complexity index is 772. The first-order valence-corrected chi connectivity index (χ1v) is 11.4. The van der Waals surface area contributed by atoms with Gasteiger partial charge in [-0.25, -0.2) is 0 Å². The van der Waals surface area contributed by atoms with Crippen molar-refractivity contribution in [3.8, 4) is 5.75 Å². The molecule has 4 saturated carbocycles. The summed E-state index contributed by atoms with van der Waals surface area (Å²) in [6.07, 6.45) is 11.7. The average molecular weight is 395 g/mol. The molecule has 4 heteroatoms. The van der Waals surface area contributed by atoms with Crippen LogP contribution in [0.3, 0.4) is 0 Å². The molecule has 156 valence electrons. The molecule has 4 aliphatic carbocycles. The summed E-state index contributed by atoms with van der Waals surface area (Å²) in [4.78, 5) is 16.5. The van der Waals surface area contributed by atoms with Crippen LogP contribution in [0.5, 0.6) is 5.75 Å². The summed E-state index contributed by atoms with van der Waals surface area (Å²) in [5.41, 5.74) is 3.12. The Morgan fingerprint density at radius 2 is 1.66 bits per heavy atom. The van der Waals surface area contributed by atoms with Crippen LogP contribution in [0.2, 0.25) is 0 Å². The van der Waals surface area contributed by atoms with E-state index in [0.29, 0.717) is 5.41 Å². The predicted octanol–water partition coefficient (Wildman–Crippen LogP) is 4.13. The molecule has 0 aromatic heterocycles. The molecule has 1 amide bonds. The van der Waals surface area contributed by atoms with Crippen LogP contribution in [0.25, 0.3) is 0 Å². The van der Waals surface area contributed by atoms with Crippen molar-refractivity contribution >= 4 is 5.91 Å². The minimum atomic E-state index is 0.0425. The number of nitrogens with zero attached hydrogens (tertiary/aromatic N) is 2. The van der Waals surface area contributed by atoms with Crippen molar-refractivity contribution < 1.29 is 9.53 Å². The molecule has 0 spiro atoms. The number of ether oxygens (including phenoxy) is 1. The van der Waals surface area contributed by atoms with Gasteiger partial charge in [-0.1, -0.05) is 12.1 Å². The van der Waals surface area contributed by atoms with E-state index in [4.69, 9.17) is 4.74 Å². The number of benzene rings is 1. The summed E-state index contributed by atoms with van der Waals surface area (Å²) in [7, 11) is 2.09. The molecule has 5 aliphatic rings. The minimum Gasteiger partial charge on any atom is -0.465 e. The van der Waals surface area contributed by atoms with Gasteiger partial charge in [0, 0.05) is 32.3 Å². The first-order valence-electron chi connectivity index (χ1n) is 11.4. The van der Waals surface area contributed by atoms with Crippen LogP contribution in [0, 0.1) is 24.7 Å². The van der Waals surface area contributed by atoms with Gasteiger partial charge >= 0.3 is 0 Å². The first-order chi connectivity index (χ1) is 14.0. The van der Waals surface area contributed by atoms with E-state index < -0.39 is 0 Å². The molecule has 0 radical (unpaired) electrons. The Hall–Kier alpha value is -1.81. The lowest BCUT2D eigenvalue weighted by atomic mass is 9.48. The summed E-state index contributed by atoms with van der Waals surface area (Å²) in [5.74, 6) is 3.78. The maximum Gasteiger partial charge on any atom is 0.249 e. The third kappa shape index (κ3) is 3.72. The quantitative estimate of drug-likeness (QED) is 0.569. The fraction of sp³-hybridized carbons (Fsp3) is 0.640. The highest BCUT2D eigenvalue weighted by atomic mass is 16.5. The summed E-state index contributed by atoms with van der Waals surface area (Å²) in [5, 5.41) is 0. The largest absolute Gasteiger partial charge is 0.465 e. The van der Waals surface area contributed by atoms with Gasteiger partial charge in [0.2, 0.25) is 5.91 Å².